The Kier molecular flexibility index (Phi) is 4.74. The third-order valence-electron chi connectivity index (χ3n) is 1.16. The molecule has 0 radical (unpaired) electrons. The summed E-state index contributed by atoms with van der Waals surface area (Å²) >= 11 is 3.44. The van der Waals surface area contributed by atoms with Crippen LogP contribution >= 0.6 is 15.3 Å². The molecule has 0 saturated heterocycles. The van der Waals surface area contributed by atoms with Gasteiger partial charge in [0.25, 0.3) is 0 Å². The number of hydrogen-bond donors (Lipinski definition) is 0. The molecular formula is C5H13BrO2Si. The predicted octanol–water partition coefficient (Wildman–Crippen LogP) is 2.02. The molecule has 0 rings (SSSR count). The third-order valence-corrected chi connectivity index (χ3v) is 6.61. The molecule has 0 unspecified atom stereocenters. The van der Waals surface area contributed by atoms with Crippen LogP contribution in [0.3, 0.4) is 0 Å². The van der Waals surface area contributed by atoms with Gasteiger partial charge in [0.2, 0.25) is 0 Å². The molecule has 2 nitrogen and oxygen atoms in total. The van der Waals surface area contributed by atoms with Gasteiger partial charge in [-0.1, -0.05) is 28.6 Å². The summed E-state index contributed by atoms with van der Waals surface area (Å²) in [6.45, 7) is 2.11. The van der Waals surface area contributed by atoms with Crippen molar-refractivity contribution >= 4 is 22.5 Å². The van der Waals surface area contributed by atoms with Gasteiger partial charge in [0.05, 0.1) is 0 Å². The maximum absolute atomic E-state index is 5.16. The molecule has 0 fully saturated rings. The molecule has 0 spiro atoms. The Hall–Kier alpha value is 0.617. The van der Waals surface area contributed by atoms with Gasteiger partial charge < -0.3 is 8.85 Å². The van der Waals surface area contributed by atoms with E-state index in [9.17, 15) is 0 Å². The van der Waals surface area contributed by atoms with Crippen LogP contribution in [0.1, 0.15) is 13.3 Å². The SMILES string of the molecule is CCC[Si](Br)(OC)OC. The second-order valence-electron chi connectivity index (χ2n) is 1.82. The summed E-state index contributed by atoms with van der Waals surface area (Å²) < 4.78 is 10.3. The lowest BCUT2D eigenvalue weighted by Gasteiger charge is -2.18. The quantitative estimate of drug-likeness (QED) is 0.525. The molecule has 0 heterocycles. The van der Waals surface area contributed by atoms with Crippen LogP contribution in [0.25, 0.3) is 0 Å². The van der Waals surface area contributed by atoms with Gasteiger partial charge in [0, 0.05) is 20.3 Å². The van der Waals surface area contributed by atoms with E-state index in [4.69, 9.17) is 8.85 Å². The van der Waals surface area contributed by atoms with Crippen molar-refractivity contribution in [2.75, 3.05) is 14.2 Å². The molecule has 0 aliphatic rings. The predicted molar refractivity (Wildman–Crippen MR) is 43.8 cm³/mol. The second-order valence-corrected chi connectivity index (χ2v) is 8.08. The zero-order valence-corrected chi connectivity index (χ0v) is 8.69. The Morgan fingerprint density at radius 3 is 1.89 bits per heavy atom. The van der Waals surface area contributed by atoms with Gasteiger partial charge in [0.15, 0.2) is 0 Å². The summed E-state index contributed by atoms with van der Waals surface area (Å²) in [7, 11) is 1.48. The first-order valence-electron chi connectivity index (χ1n) is 2.97. The van der Waals surface area contributed by atoms with Crippen LogP contribution in [0, 0.1) is 0 Å². The number of hydrogen-bond acceptors (Lipinski definition) is 2. The molecule has 4 heteroatoms. The third kappa shape index (κ3) is 3.35. The van der Waals surface area contributed by atoms with E-state index in [1.807, 2.05) is 0 Å². The first kappa shape index (κ1) is 9.62. The first-order chi connectivity index (χ1) is 4.18. The van der Waals surface area contributed by atoms with Crippen molar-refractivity contribution in [2.24, 2.45) is 0 Å². The van der Waals surface area contributed by atoms with Crippen molar-refractivity contribution in [2.45, 2.75) is 19.4 Å². The molecule has 0 amide bonds. The van der Waals surface area contributed by atoms with Crippen LogP contribution in [0.2, 0.25) is 6.04 Å². The van der Waals surface area contributed by atoms with E-state index in [2.05, 4.69) is 22.2 Å². The fraction of sp³-hybridized carbons (Fsp3) is 1.00. The molecule has 0 saturated carbocycles. The lowest BCUT2D eigenvalue weighted by molar-refractivity contribution is 0.269. The normalized spacial score (nSPS) is 12.0. The average molecular weight is 213 g/mol. The lowest BCUT2D eigenvalue weighted by Crippen LogP contribution is -2.31. The van der Waals surface area contributed by atoms with Crippen molar-refractivity contribution in [1.29, 1.82) is 0 Å². The van der Waals surface area contributed by atoms with Crippen molar-refractivity contribution in [1.82, 2.24) is 0 Å². The zero-order valence-electron chi connectivity index (χ0n) is 6.11. The Balaban J connectivity index is 3.62. The molecule has 0 aromatic heterocycles. The summed E-state index contributed by atoms with van der Waals surface area (Å²) in [5, 5.41) is 0. The molecule has 0 aromatic carbocycles. The largest absolute Gasteiger partial charge is 0.413 e. The fourth-order valence-corrected chi connectivity index (χ4v) is 2.95. The van der Waals surface area contributed by atoms with Crippen LogP contribution in [0.5, 0.6) is 0 Å². The summed E-state index contributed by atoms with van der Waals surface area (Å²) in [6, 6.07) is 1.00. The van der Waals surface area contributed by atoms with E-state index < -0.39 is 7.18 Å². The van der Waals surface area contributed by atoms with Crippen molar-refractivity contribution in [3.63, 3.8) is 0 Å². The van der Waals surface area contributed by atoms with Gasteiger partial charge in [-0.05, 0) is 0 Å². The van der Waals surface area contributed by atoms with Crippen molar-refractivity contribution in [3.8, 4) is 0 Å². The van der Waals surface area contributed by atoms with Gasteiger partial charge in [-0.2, -0.15) is 0 Å². The molecule has 0 bridgehead atoms. The minimum absolute atomic E-state index is 1.00. The Bertz CT molecular complexity index is 75.4. The lowest BCUT2D eigenvalue weighted by atomic mass is 10.6. The van der Waals surface area contributed by atoms with Crippen LogP contribution < -0.4 is 0 Å². The van der Waals surface area contributed by atoms with E-state index in [0.29, 0.717) is 0 Å². The first-order valence-corrected chi connectivity index (χ1v) is 7.25. The van der Waals surface area contributed by atoms with E-state index in [1.54, 1.807) is 14.2 Å². The molecule has 9 heavy (non-hydrogen) atoms. The average Bonchev–Trinajstić information content (AvgIpc) is 1.89. The second kappa shape index (κ2) is 4.44. The van der Waals surface area contributed by atoms with Crippen molar-refractivity contribution < 1.29 is 8.85 Å². The molecule has 0 aliphatic heterocycles. The molecule has 0 N–H and O–H groups in total. The molecule has 0 atom stereocenters. The van der Waals surface area contributed by atoms with Gasteiger partial charge in [-0.25, -0.2) is 0 Å². The van der Waals surface area contributed by atoms with E-state index in [1.165, 1.54) is 0 Å². The fourth-order valence-electron chi connectivity index (χ4n) is 0.586. The van der Waals surface area contributed by atoms with E-state index in [-0.39, 0.29) is 0 Å². The van der Waals surface area contributed by atoms with Crippen LogP contribution in [-0.2, 0) is 8.85 Å². The topological polar surface area (TPSA) is 18.5 Å². The van der Waals surface area contributed by atoms with Crippen LogP contribution in [-0.4, -0.2) is 21.4 Å². The Morgan fingerprint density at radius 1 is 1.33 bits per heavy atom. The zero-order chi connectivity index (χ0) is 7.33. The molecular weight excluding hydrogens is 200 g/mol. The highest BCUT2D eigenvalue weighted by Crippen LogP contribution is 2.20. The van der Waals surface area contributed by atoms with E-state index in [0.717, 1.165) is 12.5 Å². The van der Waals surface area contributed by atoms with Crippen LogP contribution in [0.4, 0.5) is 0 Å². The van der Waals surface area contributed by atoms with Gasteiger partial charge in [-0.3, -0.25) is 0 Å². The monoisotopic (exact) mass is 212 g/mol. The number of rotatable bonds is 4. The standard InChI is InChI=1S/C5H13BrO2Si/c1-4-5-9(6,7-2)8-3/h4-5H2,1-3H3. The summed E-state index contributed by atoms with van der Waals surface area (Å²) in [6.07, 6.45) is 1.10. The molecule has 56 valence electrons. The van der Waals surface area contributed by atoms with Gasteiger partial charge in [-0.15, -0.1) is 0 Å². The van der Waals surface area contributed by atoms with Gasteiger partial charge in [0.1, 0.15) is 0 Å². The maximum Gasteiger partial charge on any atom is 0.413 e. The molecule has 0 aliphatic carbocycles. The highest BCUT2D eigenvalue weighted by atomic mass is 79.9. The Morgan fingerprint density at radius 2 is 1.78 bits per heavy atom. The smallest absolute Gasteiger partial charge is 0.390 e. The molecule has 0 aromatic rings. The maximum atomic E-state index is 5.16. The van der Waals surface area contributed by atoms with Crippen molar-refractivity contribution in [3.05, 3.63) is 0 Å². The number of halogens is 1. The van der Waals surface area contributed by atoms with E-state index >= 15 is 0 Å². The van der Waals surface area contributed by atoms with Gasteiger partial charge >= 0.3 is 7.18 Å². The summed E-state index contributed by atoms with van der Waals surface area (Å²) in [5.74, 6) is 0. The minimum atomic E-state index is -1.88. The Labute approximate surface area is 65.4 Å². The van der Waals surface area contributed by atoms with Crippen LogP contribution in [0.15, 0.2) is 0 Å². The summed E-state index contributed by atoms with van der Waals surface area (Å²) in [5.41, 5.74) is 0. The summed E-state index contributed by atoms with van der Waals surface area (Å²) in [4.78, 5) is 0. The highest BCUT2D eigenvalue weighted by molar-refractivity contribution is 9.25. The highest BCUT2D eigenvalue weighted by Gasteiger charge is 2.30. The minimum Gasteiger partial charge on any atom is -0.390 e.